The van der Waals surface area contributed by atoms with E-state index in [1.807, 2.05) is 13.8 Å². The van der Waals surface area contributed by atoms with E-state index >= 15 is 0 Å². The molecule has 0 unspecified atom stereocenters. The summed E-state index contributed by atoms with van der Waals surface area (Å²) in [6.07, 6.45) is 11.1. The van der Waals surface area contributed by atoms with Crippen LogP contribution in [-0.4, -0.2) is 9.97 Å². The maximum Gasteiger partial charge on any atom is 0.0820 e. The van der Waals surface area contributed by atoms with Crippen molar-refractivity contribution >= 4 is 17.1 Å². The van der Waals surface area contributed by atoms with E-state index in [1.165, 1.54) is 75.0 Å². The first-order chi connectivity index (χ1) is 13.5. The molecule has 0 bridgehead atoms. The van der Waals surface area contributed by atoms with E-state index in [2.05, 4.69) is 85.5 Å². The molecule has 1 nitrogen and oxygen atoms in total. The van der Waals surface area contributed by atoms with Crippen LogP contribution >= 0.6 is 12.2 Å². The molecule has 180 valence electrons. The monoisotopic (exact) mass is 440 g/mol. The van der Waals surface area contributed by atoms with Crippen LogP contribution in [0.25, 0.3) is 0 Å². The summed E-state index contributed by atoms with van der Waals surface area (Å²) in [7, 11) is 0. The van der Waals surface area contributed by atoms with E-state index < -0.39 is 0 Å². The smallest absolute Gasteiger partial charge is 0.0820 e. The number of aliphatic hydroxyl groups is 1. The highest BCUT2D eigenvalue weighted by Gasteiger charge is 1.89. The summed E-state index contributed by atoms with van der Waals surface area (Å²) in [4.78, 5) is 1.00. The highest BCUT2D eigenvalue weighted by atomic mass is 32.1. The number of aliphatic hydroxyl groups excluding tert-OH is 1. The van der Waals surface area contributed by atoms with E-state index in [9.17, 15) is 0 Å². The van der Waals surface area contributed by atoms with Gasteiger partial charge in [-0.15, -0.1) is 0 Å². The fraction of sp³-hybridized carbons (Fsp3) is 0.679. The number of unbranched alkanes of at least 4 members (excludes halogenated alkanes) is 6. The lowest BCUT2D eigenvalue weighted by Gasteiger charge is -1.98. The second kappa shape index (κ2) is 32.5. The lowest BCUT2D eigenvalue weighted by Crippen LogP contribution is -1.79. The minimum atomic E-state index is 0. The van der Waals surface area contributed by atoms with Gasteiger partial charge >= 0.3 is 0 Å². The van der Waals surface area contributed by atoms with Gasteiger partial charge in [-0.05, 0) is 57.5 Å². The molecule has 0 amide bonds. The largest absolute Gasteiger partial charge is 0.513 e. The number of hydrogen-bond acceptors (Lipinski definition) is 2. The van der Waals surface area contributed by atoms with Crippen LogP contribution in [0.2, 0.25) is 0 Å². The normalized spacial score (nSPS) is 8.20. The van der Waals surface area contributed by atoms with Crippen LogP contribution in [0.4, 0.5) is 0 Å². The molecule has 0 aliphatic heterocycles. The van der Waals surface area contributed by atoms with Crippen molar-refractivity contribution in [1.82, 2.24) is 0 Å². The molecule has 0 saturated carbocycles. The van der Waals surface area contributed by atoms with Gasteiger partial charge in [0.1, 0.15) is 0 Å². The van der Waals surface area contributed by atoms with Gasteiger partial charge in [-0.25, -0.2) is 0 Å². The molecule has 0 aliphatic carbocycles. The predicted octanol–water partition coefficient (Wildman–Crippen LogP) is 10.9. The zero-order valence-corrected chi connectivity index (χ0v) is 22.3. The molecule has 1 rings (SSSR count). The van der Waals surface area contributed by atoms with Crippen molar-refractivity contribution in [3.63, 3.8) is 0 Å². The molecule has 1 N–H and O–H groups in total. The van der Waals surface area contributed by atoms with Gasteiger partial charge in [0.05, 0.1) is 5.76 Å². The second-order valence-electron chi connectivity index (χ2n) is 7.65. The standard InChI is InChI=1S/C9H12.C7H16.C5H12.C3H6O.C3H6S.CH4/c1-7-4-5-8(2)9(3)6-7;1-3-5-7-6-4-2;1-3-5-4-2;2*1-3(2)4;/h4-6H,1-3H3;3-7H2,1-2H3;3-5H2,1-2H3;4H,1H2,2H3;1-2H3;1H4. The van der Waals surface area contributed by atoms with Crippen LogP contribution in [-0.2, 0) is 0 Å². The van der Waals surface area contributed by atoms with Gasteiger partial charge in [0.25, 0.3) is 0 Å². The maximum atomic E-state index is 7.86. The zero-order valence-electron chi connectivity index (χ0n) is 21.5. The number of hydrogen-bond donors (Lipinski definition) is 1. The third-order valence-electron chi connectivity index (χ3n) is 3.58. The Morgan fingerprint density at radius 1 is 0.767 bits per heavy atom. The summed E-state index contributed by atoms with van der Waals surface area (Å²) in [5.41, 5.74) is 4.11. The number of aryl methyl sites for hydroxylation is 3. The summed E-state index contributed by atoms with van der Waals surface area (Å²) >= 11 is 4.54. The molecule has 0 saturated heterocycles. The quantitative estimate of drug-likeness (QED) is 0.269. The molecule has 1 aromatic rings. The third kappa shape index (κ3) is 56.3. The van der Waals surface area contributed by atoms with Gasteiger partial charge in [0, 0.05) is 0 Å². The van der Waals surface area contributed by atoms with E-state index in [-0.39, 0.29) is 13.2 Å². The summed E-state index contributed by atoms with van der Waals surface area (Å²) < 4.78 is 0. The molecule has 0 heterocycles. The van der Waals surface area contributed by atoms with Crippen LogP contribution in [0, 0.1) is 20.8 Å². The van der Waals surface area contributed by atoms with Gasteiger partial charge in [-0.1, -0.05) is 129 Å². The Morgan fingerprint density at radius 2 is 1.10 bits per heavy atom. The fourth-order valence-corrected chi connectivity index (χ4v) is 1.92. The molecule has 0 spiro atoms. The Kier molecular flexibility index (Phi) is 42.6. The summed E-state index contributed by atoms with van der Waals surface area (Å²) in [6, 6.07) is 6.50. The van der Waals surface area contributed by atoms with Crippen molar-refractivity contribution in [3.8, 4) is 0 Å². The van der Waals surface area contributed by atoms with Crippen molar-refractivity contribution in [2.45, 2.75) is 128 Å². The minimum absolute atomic E-state index is 0. The van der Waals surface area contributed by atoms with E-state index in [0.29, 0.717) is 0 Å². The second-order valence-corrected chi connectivity index (χ2v) is 8.46. The first-order valence-electron chi connectivity index (χ1n) is 11.3. The first-order valence-corrected chi connectivity index (χ1v) is 11.8. The Bertz CT molecular complexity index is 452. The van der Waals surface area contributed by atoms with Crippen LogP contribution in [0.5, 0.6) is 0 Å². The Labute approximate surface area is 197 Å². The average Bonchev–Trinajstić information content (AvgIpc) is 2.60. The number of allylic oxidation sites excluding steroid dienone is 1. The maximum absolute atomic E-state index is 7.86. The summed E-state index contributed by atoms with van der Waals surface area (Å²) in [5, 5.41) is 7.86. The molecule has 0 fully saturated rings. The molecule has 0 aromatic heterocycles. The topological polar surface area (TPSA) is 20.2 Å². The molecular weight excluding hydrogens is 384 g/mol. The van der Waals surface area contributed by atoms with Crippen LogP contribution in [0.1, 0.15) is 124 Å². The van der Waals surface area contributed by atoms with Crippen molar-refractivity contribution in [2.24, 2.45) is 0 Å². The Hall–Kier alpha value is -1.15. The zero-order chi connectivity index (χ0) is 23.7. The van der Waals surface area contributed by atoms with Crippen molar-refractivity contribution in [1.29, 1.82) is 0 Å². The van der Waals surface area contributed by atoms with Crippen LogP contribution in [0.3, 0.4) is 0 Å². The third-order valence-corrected chi connectivity index (χ3v) is 3.58. The van der Waals surface area contributed by atoms with E-state index in [0.717, 1.165) is 4.86 Å². The van der Waals surface area contributed by atoms with Gasteiger partial charge in [-0.2, -0.15) is 0 Å². The molecular formula is C28H56OS. The van der Waals surface area contributed by atoms with Crippen molar-refractivity contribution in [2.75, 3.05) is 0 Å². The van der Waals surface area contributed by atoms with Gasteiger partial charge in [0.2, 0.25) is 0 Å². The molecule has 2 heteroatoms. The molecule has 0 radical (unpaired) electrons. The van der Waals surface area contributed by atoms with Gasteiger partial charge < -0.3 is 5.11 Å². The van der Waals surface area contributed by atoms with E-state index in [1.54, 1.807) is 0 Å². The number of benzene rings is 1. The van der Waals surface area contributed by atoms with E-state index in [4.69, 9.17) is 5.11 Å². The summed E-state index contributed by atoms with van der Waals surface area (Å²) in [5.74, 6) is 0.167. The molecule has 0 atom stereocenters. The summed E-state index contributed by atoms with van der Waals surface area (Å²) in [6.45, 7) is 23.7. The van der Waals surface area contributed by atoms with Gasteiger partial charge in [-0.3, -0.25) is 0 Å². The highest BCUT2D eigenvalue weighted by molar-refractivity contribution is 7.80. The predicted molar refractivity (Wildman–Crippen MR) is 148 cm³/mol. The Balaban J connectivity index is -0.0000000900. The SMILES string of the molecule is C.C=C(C)O.CC(C)=S.CCCCC.CCCCCCC.Cc1ccc(C)c(C)c1. The first kappa shape index (κ1) is 39.3. The molecule has 0 aliphatic rings. The fourth-order valence-electron chi connectivity index (χ4n) is 1.92. The highest BCUT2D eigenvalue weighted by Crippen LogP contribution is 2.07. The molecule has 30 heavy (non-hydrogen) atoms. The van der Waals surface area contributed by atoms with Crippen LogP contribution < -0.4 is 0 Å². The minimum Gasteiger partial charge on any atom is -0.513 e. The lowest BCUT2D eigenvalue weighted by molar-refractivity contribution is 0.417. The lowest BCUT2D eigenvalue weighted by atomic mass is 10.1. The van der Waals surface area contributed by atoms with Crippen LogP contribution in [0.15, 0.2) is 30.5 Å². The van der Waals surface area contributed by atoms with Crippen molar-refractivity contribution < 1.29 is 5.11 Å². The average molecular weight is 441 g/mol. The number of thiocarbonyl (C=S) groups is 1. The number of rotatable bonds is 6. The molecule has 1 aromatic carbocycles. The Morgan fingerprint density at radius 3 is 1.30 bits per heavy atom. The van der Waals surface area contributed by atoms with Crippen molar-refractivity contribution in [3.05, 3.63) is 47.2 Å². The van der Waals surface area contributed by atoms with Gasteiger partial charge in [0.15, 0.2) is 0 Å².